The molecule has 3 heterocycles. The molecule has 8 nitrogen and oxygen atoms in total. The smallest absolute Gasteiger partial charge is 0.265 e. The Bertz CT molecular complexity index is 1260. The lowest BCUT2D eigenvalue weighted by Gasteiger charge is -2.37. The van der Waals surface area contributed by atoms with Gasteiger partial charge in [-0.1, -0.05) is 47.5 Å². The summed E-state index contributed by atoms with van der Waals surface area (Å²) in [6.45, 7) is 3.23. The SMILES string of the molecule is CN(C(=O)CN1C(=O)COc2cc(Cl)c(Cl)cc21)C(CN1CCOCC1)c1ccc(-c2ccoc2)cc1. The van der Waals surface area contributed by atoms with Crippen molar-refractivity contribution in [3.05, 3.63) is 70.6 Å². The molecule has 5 rings (SSSR count). The molecule has 37 heavy (non-hydrogen) atoms. The summed E-state index contributed by atoms with van der Waals surface area (Å²) in [5.74, 6) is -0.101. The van der Waals surface area contributed by atoms with Crippen LogP contribution in [0.4, 0.5) is 5.69 Å². The molecule has 2 amide bonds. The fourth-order valence-corrected chi connectivity index (χ4v) is 4.91. The van der Waals surface area contributed by atoms with Crippen molar-refractivity contribution in [3.63, 3.8) is 0 Å². The molecule has 1 unspecified atom stereocenters. The third kappa shape index (κ3) is 5.62. The first kappa shape index (κ1) is 25.6. The number of carbonyl (C=O) groups excluding carboxylic acids is 2. The van der Waals surface area contributed by atoms with Crippen LogP contribution in [0.25, 0.3) is 11.1 Å². The maximum atomic E-state index is 13.6. The minimum atomic E-state index is -0.318. The standard InChI is InChI=1S/C27H27Cl2N3O5/c1-30(26(33)15-32-23-12-21(28)22(29)13-25(23)37-17-27(32)34)24(14-31-7-10-35-11-8-31)19-4-2-18(3-5-19)20-6-9-36-16-20/h2-6,9,12-13,16,24H,7-8,10-11,14-15,17H2,1H3. The molecule has 1 fully saturated rings. The monoisotopic (exact) mass is 543 g/mol. The Morgan fingerprint density at radius 1 is 1.05 bits per heavy atom. The topological polar surface area (TPSA) is 75.5 Å². The molecule has 3 aromatic rings. The van der Waals surface area contributed by atoms with E-state index < -0.39 is 0 Å². The lowest BCUT2D eigenvalue weighted by atomic mass is 10.0. The van der Waals surface area contributed by atoms with Crippen LogP contribution in [-0.2, 0) is 14.3 Å². The number of benzene rings is 2. The first-order chi connectivity index (χ1) is 17.9. The normalized spacial score (nSPS) is 16.7. The molecule has 1 saturated heterocycles. The zero-order chi connectivity index (χ0) is 25.9. The second kappa shape index (κ2) is 11.1. The fraction of sp³-hybridized carbons (Fsp3) is 0.333. The van der Waals surface area contributed by atoms with Crippen molar-refractivity contribution in [1.29, 1.82) is 0 Å². The largest absolute Gasteiger partial charge is 0.482 e. The van der Waals surface area contributed by atoms with Crippen molar-refractivity contribution in [1.82, 2.24) is 9.80 Å². The van der Waals surface area contributed by atoms with E-state index in [4.69, 9.17) is 37.1 Å². The number of likely N-dealkylation sites (N-methyl/N-ethyl adjacent to an activating group) is 1. The van der Waals surface area contributed by atoms with Gasteiger partial charge in [0, 0.05) is 38.3 Å². The number of ether oxygens (including phenoxy) is 2. The molecular weight excluding hydrogens is 517 g/mol. The van der Waals surface area contributed by atoms with Crippen LogP contribution in [0.3, 0.4) is 0 Å². The maximum absolute atomic E-state index is 13.6. The van der Waals surface area contributed by atoms with E-state index in [-0.39, 0.29) is 36.0 Å². The molecule has 2 aliphatic heterocycles. The number of anilines is 1. The molecular formula is C27H27Cl2N3O5. The highest BCUT2D eigenvalue weighted by atomic mass is 35.5. The van der Waals surface area contributed by atoms with Crippen molar-refractivity contribution >= 4 is 40.7 Å². The van der Waals surface area contributed by atoms with E-state index in [0.717, 1.165) is 29.8 Å². The molecule has 1 aromatic heterocycles. The van der Waals surface area contributed by atoms with E-state index in [1.54, 1.807) is 36.6 Å². The zero-order valence-corrected chi connectivity index (χ0v) is 21.9. The number of morpholine rings is 1. The number of hydrogen-bond acceptors (Lipinski definition) is 6. The van der Waals surface area contributed by atoms with Crippen LogP contribution in [0.5, 0.6) is 5.75 Å². The van der Waals surface area contributed by atoms with Crippen LogP contribution in [0.15, 0.2) is 59.4 Å². The minimum absolute atomic E-state index is 0.142. The highest BCUT2D eigenvalue weighted by molar-refractivity contribution is 6.42. The average molecular weight is 544 g/mol. The van der Waals surface area contributed by atoms with Gasteiger partial charge in [0.05, 0.1) is 47.5 Å². The summed E-state index contributed by atoms with van der Waals surface area (Å²) in [6, 6.07) is 12.9. The molecule has 0 radical (unpaired) electrons. The van der Waals surface area contributed by atoms with Crippen molar-refractivity contribution < 1.29 is 23.5 Å². The van der Waals surface area contributed by atoms with Crippen molar-refractivity contribution in [3.8, 4) is 16.9 Å². The molecule has 1 atom stereocenters. The average Bonchev–Trinajstić information content (AvgIpc) is 3.45. The Morgan fingerprint density at radius 2 is 1.78 bits per heavy atom. The van der Waals surface area contributed by atoms with Crippen LogP contribution in [0.1, 0.15) is 11.6 Å². The molecule has 194 valence electrons. The molecule has 2 aromatic carbocycles. The van der Waals surface area contributed by atoms with Gasteiger partial charge in [-0.05, 0) is 23.3 Å². The van der Waals surface area contributed by atoms with Gasteiger partial charge in [0.2, 0.25) is 5.91 Å². The van der Waals surface area contributed by atoms with Crippen molar-refractivity contribution in [2.45, 2.75) is 6.04 Å². The van der Waals surface area contributed by atoms with Gasteiger partial charge in [0.25, 0.3) is 5.91 Å². The summed E-state index contributed by atoms with van der Waals surface area (Å²) in [7, 11) is 1.78. The zero-order valence-electron chi connectivity index (χ0n) is 20.4. The quantitative estimate of drug-likeness (QED) is 0.436. The lowest BCUT2D eigenvalue weighted by molar-refractivity contribution is -0.133. The van der Waals surface area contributed by atoms with Crippen LogP contribution in [-0.4, -0.2) is 74.7 Å². The number of hydrogen-bond donors (Lipinski definition) is 0. The molecule has 0 N–H and O–H groups in total. The number of rotatable bonds is 7. The summed E-state index contributed by atoms with van der Waals surface area (Å²) in [5, 5.41) is 0.607. The van der Waals surface area contributed by atoms with E-state index in [0.29, 0.717) is 36.2 Å². The number of halogens is 2. The van der Waals surface area contributed by atoms with Gasteiger partial charge in [0.1, 0.15) is 12.3 Å². The molecule has 10 heteroatoms. The third-order valence-electron chi connectivity index (χ3n) is 6.78. The highest BCUT2D eigenvalue weighted by Gasteiger charge is 2.32. The predicted octanol–water partition coefficient (Wildman–Crippen LogP) is 4.51. The summed E-state index contributed by atoms with van der Waals surface area (Å²) in [6.07, 6.45) is 3.34. The van der Waals surface area contributed by atoms with Crippen LogP contribution >= 0.6 is 23.2 Å². The van der Waals surface area contributed by atoms with Crippen LogP contribution in [0, 0.1) is 0 Å². The van der Waals surface area contributed by atoms with Gasteiger partial charge in [-0.25, -0.2) is 0 Å². The van der Waals surface area contributed by atoms with E-state index in [2.05, 4.69) is 4.90 Å². The van der Waals surface area contributed by atoms with Gasteiger partial charge in [-0.3, -0.25) is 19.4 Å². The Kier molecular flexibility index (Phi) is 7.71. The van der Waals surface area contributed by atoms with E-state index >= 15 is 0 Å². The van der Waals surface area contributed by atoms with Crippen molar-refractivity contribution in [2.75, 3.05) is 57.9 Å². The number of carbonyl (C=O) groups is 2. The number of fused-ring (bicyclic) bond motifs is 1. The lowest BCUT2D eigenvalue weighted by Crippen LogP contribution is -2.48. The predicted molar refractivity (Wildman–Crippen MR) is 141 cm³/mol. The Hall–Kier alpha value is -3.04. The second-order valence-corrected chi connectivity index (χ2v) is 9.88. The van der Waals surface area contributed by atoms with Crippen LogP contribution in [0.2, 0.25) is 10.0 Å². The first-order valence-corrected chi connectivity index (χ1v) is 12.8. The van der Waals surface area contributed by atoms with Crippen molar-refractivity contribution in [2.24, 2.45) is 0 Å². The van der Waals surface area contributed by atoms with Gasteiger partial charge >= 0.3 is 0 Å². The summed E-state index contributed by atoms with van der Waals surface area (Å²) < 4.78 is 16.2. The Labute approximate surface area is 225 Å². The Balaban J connectivity index is 1.39. The number of amides is 2. The van der Waals surface area contributed by atoms with E-state index in [1.165, 1.54) is 4.90 Å². The van der Waals surface area contributed by atoms with E-state index in [9.17, 15) is 9.59 Å². The second-order valence-electron chi connectivity index (χ2n) is 9.07. The first-order valence-electron chi connectivity index (χ1n) is 12.0. The molecule has 2 aliphatic rings. The summed E-state index contributed by atoms with van der Waals surface area (Å²) >= 11 is 12.3. The van der Waals surface area contributed by atoms with E-state index in [1.807, 2.05) is 30.3 Å². The number of nitrogens with zero attached hydrogens (tertiary/aromatic N) is 3. The van der Waals surface area contributed by atoms with Crippen LogP contribution < -0.4 is 9.64 Å². The van der Waals surface area contributed by atoms with Gasteiger partial charge in [-0.2, -0.15) is 0 Å². The summed E-state index contributed by atoms with van der Waals surface area (Å²) in [5.41, 5.74) is 3.45. The molecule has 0 aliphatic carbocycles. The molecule has 0 spiro atoms. The highest BCUT2D eigenvalue weighted by Crippen LogP contribution is 2.39. The van der Waals surface area contributed by atoms with Gasteiger partial charge in [0.15, 0.2) is 6.61 Å². The minimum Gasteiger partial charge on any atom is -0.482 e. The fourth-order valence-electron chi connectivity index (χ4n) is 4.60. The third-order valence-corrected chi connectivity index (χ3v) is 7.51. The van der Waals surface area contributed by atoms with Gasteiger partial charge in [-0.15, -0.1) is 0 Å². The number of furan rings is 1. The molecule has 0 saturated carbocycles. The maximum Gasteiger partial charge on any atom is 0.265 e. The Morgan fingerprint density at radius 3 is 2.49 bits per heavy atom. The molecule has 0 bridgehead atoms. The summed E-state index contributed by atoms with van der Waals surface area (Å²) in [4.78, 5) is 31.8. The van der Waals surface area contributed by atoms with Gasteiger partial charge < -0.3 is 18.8 Å².